The topological polar surface area (TPSA) is 84.2 Å². The molecule has 0 radical (unpaired) electrons. The Hall–Kier alpha value is -1.10. The summed E-state index contributed by atoms with van der Waals surface area (Å²) in [5, 5.41) is 5.35. The second kappa shape index (κ2) is 4.81. The number of hydrogen-bond donors (Lipinski definition) is 3. The van der Waals surface area contributed by atoms with Crippen molar-refractivity contribution in [3.8, 4) is 0 Å². The molecule has 5 nitrogen and oxygen atoms in total. The summed E-state index contributed by atoms with van der Waals surface area (Å²) in [5.74, 6) is -0.281. The molecular weight excluding hydrogens is 170 g/mol. The fourth-order valence-corrected chi connectivity index (χ4v) is 1.25. The van der Waals surface area contributed by atoms with Crippen molar-refractivity contribution in [2.75, 3.05) is 19.6 Å². The monoisotopic (exact) mass is 185 g/mol. The summed E-state index contributed by atoms with van der Waals surface area (Å²) in [6.45, 7) is 1.63. The third-order valence-electron chi connectivity index (χ3n) is 2.03. The Labute approximate surface area is 77.1 Å². The first kappa shape index (κ1) is 9.98. The fraction of sp³-hybridized carbons (Fsp3) is 0.750. The molecule has 1 heterocycles. The molecule has 0 spiro atoms. The number of carbonyl (C=O) groups excluding carboxylic acids is 2. The van der Waals surface area contributed by atoms with Gasteiger partial charge < -0.3 is 16.4 Å². The summed E-state index contributed by atoms with van der Waals surface area (Å²) in [7, 11) is 0. The highest BCUT2D eigenvalue weighted by atomic mass is 16.2. The molecule has 1 fully saturated rings. The zero-order chi connectivity index (χ0) is 9.68. The van der Waals surface area contributed by atoms with Crippen LogP contribution in [0, 0.1) is 5.92 Å². The molecule has 0 saturated carbocycles. The molecule has 0 aliphatic carbocycles. The summed E-state index contributed by atoms with van der Waals surface area (Å²) in [6, 6.07) is 0. The maximum Gasteiger partial charge on any atom is 0.225 e. The quantitative estimate of drug-likeness (QED) is 0.470. The van der Waals surface area contributed by atoms with Crippen LogP contribution in [0.1, 0.15) is 12.8 Å². The lowest BCUT2D eigenvalue weighted by Gasteiger charge is -2.07. The van der Waals surface area contributed by atoms with Gasteiger partial charge in [0.15, 0.2) is 0 Å². The minimum absolute atomic E-state index is 0.0426. The second-order valence-corrected chi connectivity index (χ2v) is 3.14. The van der Waals surface area contributed by atoms with Gasteiger partial charge in [-0.3, -0.25) is 9.59 Å². The largest absolute Gasteiger partial charge is 0.356 e. The van der Waals surface area contributed by atoms with Gasteiger partial charge in [0.25, 0.3) is 0 Å². The Morgan fingerprint density at radius 1 is 1.69 bits per heavy atom. The molecule has 1 rings (SSSR count). The Morgan fingerprint density at radius 2 is 2.46 bits per heavy atom. The van der Waals surface area contributed by atoms with Crippen molar-refractivity contribution in [2.45, 2.75) is 12.8 Å². The molecule has 13 heavy (non-hydrogen) atoms. The van der Waals surface area contributed by atoms with Crippen LogP contribution in [0.3, 0.4) is 0 Å². The predicted molar refractivity (Wildman–Crippen MR) is 47.8 cm³/mol. The summed E-state index contributed by atoms with van der Waals surface area (Å²) < 4.78 is 0. The van der Waals surface area contributed by atoms with Gasteiger partial charge in [-0.25, -0.2) is 0 Å². The summed E-state index contributed by atoms with van der Waals surface area (Å²) in [6.07, 6.45) is 1.09. The molecule has 5 heteroatoms. The SMILES string of the molecule is NCCCNC(=O)C1CNC(=O)C1. The van der Waals surface area contributed by atoms with E-state index < -0.39 is 0 Å². The Kier molecular flexibility index (Phi) is 3.70. The van der Waals surface area contributed by atoms with Gasteiger partial charge in [-0.05, 0) is 13.0 Å². The highest BCUT2D eigenvalue weighted by Crippen LogP contribution is 2.08. The van der Waals surface area contributed by atoms with E-state index in [9.17, 15) is 9.59 Å². The van der Waals surface area contributed by atoms with Gasteiger partial charge in [0.1, 0.15) is 0 Å². The molecule has 74 valence electrons. The van der Waals surface area contributed by atoms with E-state index in [4.69, 9.17) is 5.73 Å². The summed E-state index contributed by atoms with van der Waals surface area (Å²) in [4.78, 5) is 22.1. The molecular formula is C8H15N3O2. The first-order chi connectivity index (χ1) is 6.24. The van der Waals surface area contributed by atoms with Crippen LogP contribution in [-0.4, -0.2) is 31.4 Å². The zero-order valence-electron chi connectivity index (χ0n) is 7.51. The van der Waals surface area contributed by atoms with Gasteiger partial charge in [0.2, 0.25) is 11.8 Å². The van der Waals surface area contributed by atoms with Crippen LogP contribution >= 0.6 is 0 Å². The van der Waals surface area contributed by atoms with Crippen molar-refractivity contribution in [2.24, 2.45) is 11.7 Å². The van der Waals surface area contributed by atoms with E-state index in [0.717, 1.165) is 6.42 Å². The van der Waals surface area contributed by atoms with Crippen LogP contribution in [0.15, 0.2) is 0 Å². The molecule has 1 aliphatic heterocycles. The maximum absolute atomic E-state index is 11.3. The van der Waals surface area contributed by atoms with Crippen LogP contribution in [0.4, 0.5) is 0 Å². The van der Waals surface area contributed by atoms with Crippen molar-refractivity contribution < 1.29 is 9.59 Å². The highest BCUT2D eigenvalue weighted by Gasteiger charge is 2.27. The average Bonchev–Trinajstić information content (AvgIpc) is 2.52. The van der Waals surface area contributed by atoms with Gasteiger partial charge >= 0.3 is 0 Å². The van der Waals surface area contributed by atoms with Crippen LogP contribution in [-0.2, 0) is 9.59 Å². The van der Waals surface area contributed by atoms with Gasteiger partial charge in [0.05, 0.1) is 5.92 Å². The van der Waals surface area contributed by atoms with E-state index in [1.54, 1.807) is 0 Å². The minimum Gasteiger partial charge on any atom is -0.356 e. The lowest BCUT2D eigenvalue weighted by atomic mass is 10.1. The lowest BCUT2D eigenvalue weighted by molar-refractivity contribution is -0.126. The van der Waals surface area contributed by atoms with E-state index in [2.05, 4.69) is 10.6 Å². The number of hydrogen-bond acceptors (Lipinski definition) is 3. The third kappa shape index (κ3) is 3.02. The first-order valence-electron chi connectivity index (χ1n) is 4.48. The average molecular weight is 185 g/mol. The highest BCUT2D eigenvalue weighted by molar-refractivity contribution is 5.89. The van der Waals surface area contributed by atoms with E-state index >= 15 is 0 Å². The van der Waals surface area contributed by atoms with Crippen molar-refractivity contribution in [3.05, 3.63) is 0 Å². The number of nitrogens with one attached hydrogen (secondary N) is 2. The second-order valence-electron chi connectivity index (χ2n) is 3.14. The number of rotatable bonds is 4. The molecule has 0 aromatic rings. The molecule has 1 aliphatic rings. The number of amides is 2. The standard InChI is InChI=1S/C8H15N3O2/c9-2-1-3-10-8(13)6-4-7(12)11-5-6/h6H,1-5,9H2,(H,10,13)(H,11,12). The minimum atomic E-state index is -0.190. The van der Waals surface area contributed by atoms with Crippen LogP contribution in [0.5, 0.6) is 0 Å². The van der Waals surface area contributed by atoms with Crippen LogP contribution in [0.25, 0.3) is 0 Å². The molecule has 0 bridgehead atoms. The van der Waals surface area contributed by atoms with Crippen molar-refractivity contribution in [1.29, 1.82) is 0 Å². The Morgan fingerprint density at radius 3 is 3.00 bits per heavy atom. The molecule has 1 unspecified atom stereocenters. The molecule has 0 aromatic carbocycles. The summed E-state index contributed by atoms with van der Waals surface area (Å²) >= 11 is 0. The van der Waals surface area contributed by atoms with E-state index in [1.165, 1.54) is 0 Å². The van der Waals surface area contributed by atoms with Crippen molar-refractivity contribution in [3.63, 3.8) is 0 Å². The summed E-state index contributed by atoms with van der Waals surface area (Å²) in [5.41, 5.74) is 5.27. The van der Waals surface area contributed by atoms with Gasteiger partial charge in [0, 0.05) is 19.5 Å². The van der Waals surface area contributed by atoms with E-state index in [-0.39, 0.29) is 17.7 Å². The Bertz CT molecular complexity index is 206. The normalized spacial score (nSPS) is 21.3. The number of carbonyl (C=O) groups is 2. The van der Waals surface area contributed by atoms with Crippen molar-refractivity contribution >= 4 is 11.8 Å². The maximum atomic E-state index is 11.3. The zero-order valence-corrected chi connectivity index (χ0v) is 7.51. The van der Waals surface area contributed by atoms with E-state index in [0.29, 0.717) is 26.1 Å². The molecule has 2 amide bonds. The van der Waals surface area contributed by atoms with Crippen molar-refractivity contribution in [1.82, 2.24) is 10.6 Å². The van der Waals surface area contributed by atoms with Gasteiger partial charge in [-0.15, -0.1) is 0 Å². The van der Waals surface area contributed by atoms with Gasteiger partial charge in [-0.1, -0.05) is 0 Å². The predicted octanol–water partition coefficient (Wildman–Crippen LogP) is -1.41. The molecule has 0 aromatic heterocycles. The van der Waals surface area contributed by atoms with Crippen LogP contribution < -0.4 is 16.4 Å². The smallest absolute Gasteiger partial charge is 0.225 e. The van der Waals surface area contributed by atoms with E-state index in [1.807, 2.05) is 0 Å². The Balaban J connectivity index is 2.20. The van der Waals surface area contributed by atoms with Gasteiger partial charge in [-0.2, -0.15) is 0 Å². The number of nitrogens with two attached hydrogens (primary N) is 1. The van der Waals surface area contributed by atoms with Crippen LogP contribution in [0.2, 0.25) is 0 Å². The molecule has 4 N–H and O–H groups in total. The third-order valence-corrected chi connectivity index (χ3v) is 2.03. The molecule has 1 atom stereocenters. The first-order valence-corrected chi connectivity index (χ1v) is 4.48. The molecule has 1 saturated heterocycles. The lowest BCUT2D eigenvalue weighted by Crippen LogP contribution is -2.33. The fourth-order valence-electron chi connectivity index (χ4n) is 1.25.